The Labute approximate surface area is 238 Å². The van der Waals surface area contributed by atoms with E-state index < -0.39 is 17.7 Å². The molecule has 2 aromatic carbocycles. The highest BCUT2D eigenvalue weighted by molar-refractivity contribution is 7.22. The van der Waals surface area contributed by atoms with Gasteiger partial charge in [-0.3, -0.25) is 24.4 Å². The third-order valence-electron chi connectivity index (χ3n) is 6.17. The molecule has 11 nitrogen and oxygen atoms in total. The van der Waals surface area contributed by atoms with Gasteiger partial charge in [0.1, 0.15) is 13.1 Å². The SMILES string of the molecule is Cc1cccc2sc(NC(=O)CN(CC(=O)Nc3nc4c(C)cccc4s3)C(=O)CCCCCC(=O)NO)nc12. The molecule has 210 valence electrons. The molecule has 0 radical (unpaired) electrons. The van der Waals surface area contributed by atoms with Crippen molar-refractivity contribution in [3.05, 3.63) is 47.5 Å². The van der Waals surface area contributed by atoms with Crippen molar-refractivity contribution in [2.45, 2.75) is 46.0 Å². The molecule has 4 N–H and O–H groups in total. The van der Waals surface area contributed by atoms with E-state index in [0.717, 1.165) is 31.6 Å². The van der Waals surface area contributed by atoms with Gasteiger partial charge in [-0.1, -0.05) is 53.4 Å². The van der Waals surface area contributed by atoms with Gasteiger partial charge in [-0.05, 0) is 49.9 Å². The summed E-state index contributed by atoms with van der Waals surface area (Å²) in [4.78, 5) is 60.3. The summed E-state index contributed by atoms with van der Waals surface area (Å²) in [5.41, 5.74) is 5.16. The molecule has 4 amide bonds. The van der Waals surface area contributed by atoms with E-state index in [9.17, 15) is 19.2 Å². The maximum absolute atomic E-state index is 13.1. The second-order valence-corrected chi connectivity index (χ2v) is 11.4. The van der Waals surface area contributed by atoms with Crippen LogP contribution in [0.1, 0.15) is 43.2 Å². The van der Waals surface area contributed by atoms with E-state index in [2.05, 4.69) is 20.6 Å². The summed E-state index contributed by atoms with van der Waals surface area (Å²) in [5, 5.41) is 14.9. The Hall–Kier alpha value is -3.94. The first-order chi connectivity index (χ1) is 19.2. The zero-order valence-corrected chi connectivity index (χ0v) is 23.8. The number of hydroxylamine groups is 1. The Morgan fingerprint density at radius 1 is 0.750 bits per heavy atom. The average Bonchev–Trinajstić information content (AvgIpc) is 3.52. The number of amides is 4. The molecular weight excluding hydrogens is 552 g/mol. The second kappa shape index (κ2) is 13.4. The molecule has 4 aromatic rings. The van der Waals surface area contributed by atoms with Gasteiger partial charge in [-0.2, -0.15) is 0 Å². The minimum absolute atomic E-state index is 0.0992. The number of hydrogen-bond acceptors (Lipinski definition) is 9. The van der Waals surface area contributed by atoms with Crippen LogP contribution >= 0.6 is 22.7 Å². The number of para-hydroxylation sites is 2. The summed E-state index contributed by atoms with van der Waals surface area (Å²) >= 11 is 2.67. The number of carbonyl (C=O) groups excluding carboxylic acids is 4. The number of nitrogens with zero attached hydrogens (tertiary/aromatic N) is 3. The Balaban J connectivity index is 1.40. The first-order valence-corrected chi connectivity index (χ1v) is 14.4. The fourth-order valence-electron chi connectivity index (χ4n) is 4.13. The van der Waals surface area contributed by atoms with Crippen LogP contribution in [0.3, 0.4) is 0 Å². The number of unbranched alkanes of at least 4 members (excludes halogenated alkanes) is 2. The minimum atomic E-state index is -0.489. The zero-order valence-electron chi connectivity index (χ0n) is 22.2. The largest absolute Gasteiger partial charge is 0.324 e. The molecular formula is C27H30N6O5S2. The van der Waals surface area contributed by atoms with Crippen LogP contribution < -0.4 is 16.1 Å². The van der Waals surface area contributed by atoms with E-state index >= 15 is 0 Å². The normalized spacial score (nSPS) is 11.0. The van der Waals surface area contributed by atoms with Crippen molar-refractivity contribution in [1.82, 2.24) is 20.3 Å². The third kappa shape index (κ3) is 7.58. The molecule has 0 saturated heterocycles. The van der Waals surface area contributed by atoms with Crippen LogP contribution in [0.25, 0.3) is 20.4 Å². The predicted octanol–water partition coefficient (Wildman–Crippen LogP) is 4.38. The van der Waals surface area contributed by atoms with Gasteiger partial charge in [0, 0.05) is 12.8 Å². The highest BCUT2D eigenvalue weighted by Crippen LogP contribution is 2.29. The minimum Gasteiger partial charge on any atom is -0.324 e. The van der Waals surface area contributed by atoms with Gasteiger partial charge in [0.25, 0.3) is 0 Å². The summed E-state index contributed by atoms with van der Waals surface area (Å²) in [6, 6.07) is 11.6. The van der Waals surface area contributed by atoms with Crippen molar-refractivity contribution in [3.63, 3.8) is 0 Å². The van der Waals surface area contributed by atoms with Crippen molar-refractivity contribution in [1.29, 1.82) is 0 Å². The highest BCUT2D eigenvalue weighted by atomic mass is 32.1. The molecule has 0 fully saturated rings. The molecule has 4 rings (SSSR count). The summed E-state index contributed by atoms with van der Waals surface area (Å²) in [5.74, 6) is -1.78. The lowest BCUT2D eigenvalue weighted by Crippen LogP contribution is -2.42. The van der Waals surface area contributed by atoms with Crippen molar-refractivity contribution in [2.75, 3.05) is 23.7 Å². The highest BCUT2D eigenvalue weighted by Gasteiger charge is 2.22. The molecule has 0 aliphatic carbocycles. The summed E-state index contributed by atoms with van der Waals surface area (Å²) in [7, 11) is 0. The molecule has 0 bridgehead atoms. The van der Waals surface area contributed by atoms with Gasteiger partial charge in [-0.25, -0.2) is 15.4 Å². The Morgan fingerprint density at radius 2 is 1.25 bits per heavy atom. The average molecular weight is 583 g/mol. The molecule has 2 heterocycles. The van der Waals surface area contributed by atoms with E-state index in [1.165, 1.54) is 27.6 Å². The maximum Gasteiger partial charge on any atom is 0.245 e. The van der Waals surface area contributed by atoms with Gasteiger partial charge < -0.3 is 15.5 Å². The van der Waals surface area contributed by atoms with Crippen LogP contribution in [0.4, 0.5) is 10.3 Å². The van der Waals surface area contributed by atoms with E-state index in [0.29, 0.717) is 29.5 Å². The second-order valence-electron chi connectivity index (χ2n) is 9.32. The number of carbonyl (C=O) groups is 4. The number of fused-ring (bicyclic) bond motifs is 2. The van der Waals surface area contributed by atoms with E-state index in [1.807, 2.05) is 50.2 Å². The summed E-state index contributed by atoms with van der Waals surface area (Å²) < 4.78 is 1.87. The van der Waals surface area contributed by atoms with Gasteiger partial charge >= 0.3 is 0 Å². The van der Waals surface area contributed by atoms with Crippen molar-refractivity contribution >= 4 is 77.0 Å². The molecule has 40 heavy (non-hydrogen) atoms. The van der Waals surface area contributed by atoms with Gasteiger partial charge in [0.2, 0.25) is 23.6 Å². The molecule has 0 spiro atoms. The van der Waals surface area contributed by atoms with Crippen LogP contribution in [0.5, 0.6) is 0 Å². The zero-order chi connectivity index (χ0) is 28.6. The van der Waals surface area contributed by atoms with Crippen LogP contribution in [-0.2, 0) is 19.2 Å². The first-order valence-electron chi connectivity index (χ1n) is 12.8. The maximum atomic E-state index is 13.1. The lowest BCUT2D eigenvalue weighted by Gasteiger charge is -2.21. The van der Waals surface area contributed by atoms with Crippen LogP contribution in [0.2, 0.25) is 0 Å². The van der Waals surface area contributed by atoms with Gasteiger partial charge in [0.05, 0.1) is 20.4 Å². The van der Waals surface area contributed by atoms with Crippen LogP contribution in [0.15, 0.2) is 36.4 Å². The quantitative estimate of drug-likeness (QED) is 0.110. The number of nitrogens with one attached hydrogen (secondary N) is 3. The fraction of sp³-hybridized carbons (Fsp3) is 0.333. The smallest absolute Gasteiger partial charge is 0.245 e. The Bertz CT molecular complexity index is 1450. The van der Waals surface area contributed by atoms with Crippen LogP contribution in [-0.4, -0.2) is 56.8 Å². The fourth-order valence-corrected chi connectivity index (χ4v) is 6.05. The van der Waals surface area contributed by atoms with E-state index in [4.69, 9.17) is 5.21 Å². The number of aryl methyl sites for hydroxylation is 2. The molecule has 0 aliphatic heterocycles. The van der Waals surface area contributed by atoms with Crippen molar-refractivity contribution in [3.8, 4) is 0 Å². The lowest BCUT2D eigenvalue weighted by atomic mass is 10.1. The lowest BCUT2D eigenvalue weighted by molar-refractivity contribution is -0.137. The molecule has 0 atom stereocenters. The standard InChI is InChI=1S/C27H30N6O5S2/c1-16-8-6-10-18-24(16)30-26(39-18)28-21(35)14-33(23(37)13-5-3-4-12-20(34)32-38)15-22(36)29-27-31-25-17(2)9-7-11-19(25)40-27/h6-11,38H,3-5,12-15H2,1-2H3,(H,32,34)(H,28,30,35)(H,29,31,36). The number of aromatic nitrogens is 2. The first kappa shape index (κ1) is 29.1. The van der Waals surface area contributed by atoms with Gasteiger partial charge in [-0.15, -0.1) is 0 Å². The van der Waals surface area contributed by atoms with Crippen molar-refractivity contribution < 1.29 is 24.4 Å². The summed E-state index contributed by atoms with van der Waals surface area (Å²) in [6.45, 7) is 3.23. The molecule has 2 aromatic heterocycles. The summed E-state index contributed by atoms with van der Waals surface area (Å²) in [6.07, 6.45) is 1.77. The number of thiazole rings is 2. The number of rotatable bonds is 12. The predicted molar refractivity (Wildman–Crippen MR) is 156 cm³/mol. The number of benzene rings is 2. The molecule has 0 saturated carbocycles. The number of hydrogen-bond donors (Lipinski definition) is 4. The molecule has 13 heteroatoms. The number of anilines is 2. The van der Waals surface area contributed by atoms with Crippen molar-refractivity contribution in [2.24, 2.45) is 0 Å². The Morgan fingerprint density at radius 3 is 1.73 bits per heavy atom. The third-order valence-corrected chi connectivity index (χ3v) is 8.05. The van der Waals surface area contributed by atoms with E-state index in [-0.39, 0.29) is 31.8 Å². The Kier molecular flexibility index (Phi) is 9.74. The molecule has 0 unspecified atom stereocenters. The molecule has 0 aliphatic rings. The van der Waals surface area contributed by atoms with Gasteiger partial charge in [0.15, 0.2) is 10.3 Å². The monoisotopic (exact) mass is 582 g/mol. The topological polar surface area (TPSA) is 154 Å². The van der Waals surface area contributed by atoms with E-state index in [1.54, 1.807) is 5.48 Å². The van der Waals surface area contributed by atoms with Crippen LogP contribution in [0, 0.1) is 13.8 Å².